The van der Waals surface area contributed by atoms with E-state index in [4.69, 9.17) is 4.74 Å². The van der Waals surface area contributed by atoms with Gasteiger partial charge in [0.1, 0.15) is 5.75 Å². The summed E-state index contributed by atoms with van der Waals surface area (Å²) in [6.45, 7) is 4.34. The topological polar surface area (TPSA) is 34.1 Å². The van der Waals surface area contributed by atoms with Crippen molar-refractivity contribution in [3.05, 3.63) is 59.9 Å². The SMILES string of the molecule is CCOc1ccccc1CNCc1ccncc1. The van der Waals surface area contributed by atoms with E-state index in [1.165, 1.54) is 11.1 Å². The maximum absolute atomic E-state index is 5.59. The number of hydrogen-bond donors (Lipinski definition) is 1. The van der Waals surface area contributed by atoms with Crippen molar-refractivity contribution in [2.45, 2.75) is 20.0 Å². The van der Waals surface area contributed by atoms with Crippen LogP contribution in [0.15, 0.2) is 48.8 Å². The van der Waals surface area contributed by atoms with Gasteiger partial charge in [0, 0.05) is 31.0 Å². The first-order valence-corrected chi connectivity index (χ1v) is 6.20. The highest BCUT2D eigenvalue weighted by molar-refractivity contribution is 5.33. The number of nitrogens with zero attached hydrogens (tertiary/aromatic N) is 1. The van der Waals surface area contributed by atoms with E-state index in [-0.39, 0.29) is 0 Å². The molecule has 0 aliphatic rings. The van der Waals surface area contributed by atoms with Crippen molar-refractivity contribution in [3.63, 3.8) is 0 Å². The Kier molecular flexibility index (Phi) is 4.73. The minimum Gasteiger partial charge on any atom is -0.494 e. The molecule has 0 fully saturated rings. The Morgan fingerprint density at radius 3 is 2.61 bits per heavy atom. The second-order valence-corrected chi connectivity index (χ2v) is 4.00. The fourth-order valence-corrected chi connectivity index (χ4v) is 1.79. The number of hydrogen-bond acceptors (Lipinski definition) is 3. The van der Waals surface area contributed by atoms with Gasteiger partial charge >= 0.3 is 0 Å². The van der Waals surface area contributed by atoms with Crippen molar-refractivity contribution in [3.8, 4) is 5.75 Å². The predicted molar refractivity (Wildman–Crippen MR) is 72.4 cm³/mol. The number of rotatable bonds is 6. The Morgan fingerprint density at radius 2 is 1.83 bits per heavy atom. The summed E-state index contributed by atoms with van der Waals surface area (Å²) in [4.78, 5) is 4.00. The Bertz CT molecular complexity index is 471. The molecule has 0 aliphatic carbocycles. The Morgan fingerprint density at radius 1 is 1.06 bits per heavy atom. The molecule has 0 bridgehead atoms. The van der Waals surface area contributed by atoms with Crippen molar-refractivity contribution in [1.82, 2.24) is 10.3 Å². The van der Waals surface area contributed by atoms with Gasteiger partial charge in [0.15, 0.2) is 0 Å². The van der Waals surface area contributed by atoms with Crippen LogP contribution in [0.1, 0.15) is 18.1 Å². The molecule has 0 spiro atoms. The fraction of sp³-hybridized carbons (Fsp3) is 0.267. The van der Waals surface area contributed by atoms with Gasteiger partial charge in [-0.3, -0.25) is 4.98 Å². The highest BCUT2D eigenvalue weighted by Crippen LogP contribution is 2.17. The molecule has 0 saturated heterocycles. The molecule has 0 unspecified atom stereocenters. The molecule has 1 aromatic heterocycles. The van der Waals surface area contributed by atoms with E-state index in [1.54, 1.807) is 0 Å². The third-order valence-corrected chi connectivity index (χ3v) is 2.67. The molecule has 1 N–H and O–H groups in total. The molecular weight excluding hydrogens is 224 g/mol. The van der Waals surface area contributed by atoms with Crippen LogP contribution in [0.5, 0.6) is 5.75 Å². The zero-order chi connectivity index (χ0) is 12.6. The van der Waals surface area contributed by atoms with Crippen LogP contribution in [0, 0.1) is 0 Å². The van der Waals surface area contributed by atoms with Gasteiger partial charge in [0.2, 0.25) is 0 Å². The molecule has 1 heterocycles. The summed E-state index contributed by atoms with van der Waals surface area (Å²) in [6, 6.07) is 12.2. The lowest BCUT2D eigenvalue weighted by molar-refractivity contribution is 0.335. The summed E-state index contributed by atoms with van der Waals surface area (Å²) < 4.78 is 5.59. The molecule has 0 aliphatic heterocycles. The lowest BCUT2D eigenvalue weighted by Gasteiger charge is -2.10. The van der Waals surface area contributed by atoms with Crippen LogP contribution in [0.25, 0.3) is 0 Å². The van der Waals surface area contributed by atoms with Crippen molar-refractivity contribution in [1.29, 1.82) is 0 Å². The average molecular weight is 242 g/mol. The number of ether oxygens (including phenoxy) is 1. The van der Waals surface area contributed by atoms with E-state index in [9.17, 15) is 0 Å². The lowest BCUT2D eigenvalue weighted by Crippen LogP contribution is -2.13. The predicted octanol–water partition coefficient (Wildman–Crippen LogP) is 2.77. The minimum absolute atomic E-state index is 0.696. The van der Waals surface area contributed by atoms with Gasteiger partial charge in [0.25, 0.3) is 0 Å². The number of para-hydroxylation sites is 1. The van der Waals surface area contributed by atoms with Gasteiger partial charge in [-0.1, -0.05) is 18.2 Å². The first-order valence-electron chi connectivity index (χ1n) is 6.20. The van der Waals surface area contributed by atoms with Crippen LogP contribution in [-0.2, 0) is 13.1 Å². The number of benzene rings is 1. The summed E-state index contributed by atoms with van der Waals surface area (Å²) >= 11 is 0. The third kappa shape index (κ3) is 3.57. The first-order chi connectivity index (χ1) is 8.90. The van der Waals surface area contributed by atoms with Crippen LogP contribution in [-0.4, -0.2) is 11.6 Å². The van der Waals surface area contributed by atoms with Crippen molar-refractivity contribution < 1.29 is 4.74 Å². The zero-order valence-electron chi connectivity index (χ0n) is 10.6. The maximum Gasteiger partial charge on any atom is 0.123 e. The average Bonchev–Trinajstić information content (AvgIpc) is 2.42. The second kappa shape index (κ2) is 6.77. The molecule has 0 radical (unpaired) electrons. The van der Waals surface area contributed by atoms with Gasteiger partial charge in [0.05, 0.1) is 6.61 Å². The van der Waals surface area contributed by atoms with E-state index in [0.29, 0.717) is 6.61 Å². The molecule has 3 heteroatoms. The van der Waals surface area contributed by atoms with Crippen molar-refractivity contribution >= 4 is 0 Å². The van der Waals surface area contributed by atoms with Crippen LogP contribution in [0.4, 0.5) is 0 Å². The largest absolute Gasteiger partial charge is 0.494 e. The van der Waals surface area contributed by atoms with Gasteiger partial charge in [-0.15, -0.1) is 0 Å². The Balaban J connectivity index is 1.90. The lowest BCUT2D eigenvalue weighted by atomic mass is 10.2. The van der Waals surface area contributed by atoms with Gasteiger partial charge in [-0.2, -0.15) is 0 Å². The molecule has 2 rings (SSSR count). The summed E-state index contributed by atoms with van der Waals surface area (Å²) in [7, 11) is 0. The molecule has 0 saturated carbocycles. The number of aromatic nitrogens is 1. The van der Waals surface area contributed by atoms with Gasteiger partial charge in [-0.05, 0) is 30.7 Å². The van der Waals surface area contributed by atoms with Gasteiger partial charge in [-0.25, -0.2) is 0 Å². The number of nitrogens with one attached hydrogen (secondary N) is 1. The standard InChI is InChI=1S/C15H18N2O/c1-2-18-15-6-4-3-5-14(15)12-17-11-13-7-9-16-10-8-13/h3-10,17H,2,11-12H2,1H3. The smallest absolute Gasteiger partial charge is 0.123 e. The Hall–Kier alpha value is -1.87. The van der Waals surface area contributed by atoms with E-state index in [1.807, 2.05) is 49.6 Å². The summed E-state index contributed by atoms with van der Waals surface area (Å²) in [6.07, 6.45) is 3.62. The molecule has 0 amide bonds. The van der Waals surface area contributed by atoms with Crippen LogP contribution >= 0.6 is 0 Å². The van der Waals surface area contributed by atoms with E-state index < -0.39 is 0 Å². The molecule has 2 aromatic rings. The second-order valence-electron chi connectivity index (χ2n) is 4.00. The monoisotopic (exact) mass is 242 g/mol. The molecule has 0 atom stereocenters. The maximum atomic E-state index is 5.59. The van der Waals surface area contributed by atoms with Crippen molar-refractivity contribution in [2.24, 2.45) is 0 Å². The molecular formula is C15H18N2O. The molecule has 94 valence electrons. The van der Waals surface area contributed by atoms with E-state index >= 15 is 0 Å². The van der Waals surface area contributed by atoms with Gasteiger partial charge < -0.3 is 10.1 Å². The molecule has 18 heavy (non-hydrogen) atoms. The van der Waals surface area contributed by atoms with Crippen molar-refractivity contribution in [2.75, 3.05) is 6.61 Å². The fourth-order valence-electron chi connectivity index (χ4n) is 1.79. The third-order valence-electron chi connectivity index (χ3n) is 2.67. The van der Waals surface area contributed by atoms with E-state index in [0.717, 1.165) is 18.8 Å². The van der Waals surface area contributed by atoms with Crippen LogP contribution in [0.3, 0.4) is 0 Å². The van der Waals surface area contributed by atoms with E-state index in [2.05, 4.69) is 16.4 Å². The minimum atomic E-state index is 0.696. The molecule has 1 aromatic carbocycles. The summed E-state index contributed by atoms with van der Waals surface area (Å²) in [5.74, 6) is 0.960. The quantitative estimate of drug-likeness (QED) is 0.845. The van der Waals surface area contributed by atoms with Crippen LogP contribution in [0.2, 0.25) is 0 Å². The highest BCUT2D eigenvalue weighted by atomic mass is 16.5. The first kappa shape index (κ1) is 12.6. The van der Waals surface area contributed by atoms with Crippen LogP contribution < -0.4 is 10.1 Å². The highest BCUT2D eigenvalue weighted by Gasteiger charge is 2.01. The molecule has 3 nitrogen and oxygen atoms in total. The summed E-state index contributed by atoms with van der Waals surface area (Å²) in [5.41, 5.74) is 2.42. The normalized spacial score (nSPS) is 10.3. The Labute approximate surface area is 108 Å². The summed E-state index contributed by atoms with van der Waals surface area (Å²) in [5, 5.41) is 3.41. The zero-order valence-corrected chi connectivity index (χ0v) is 10.6. The number of pyridine rings is 1.